The Morgan fingerprint density at radius 3 is 2.71 bits per heavy atom. The third-order valence-corrected chi connectivity index (χ3v) is 3.03. The molecule has 1 radical (unpaired) electrons. The first-order valence-electron chi connectivity index (χ1n) is 5.29. The van der Waals surface area contributed by atoms with Crippen molar-refractivity contribution in [2.45, 2.75) is 31.6 Å². The number of hydrogen-bond donors (Lipinski definition) is 0. The molecule has 73 valence electrons. The maximum Gasteiger partial charge on any atom is 0.00185 e. The zero-order valence-electron chi connectivity index (χ0n) is 8.79. The Morgan fingerprint density at radius 1 is 1.43 bits per heavy atom. The van der Waals surface area contributed by atoms with Gasteiger partial charge in [0.2, 0.25) is 0 Å². The van der Waals surface area contributed by atoms with Crippen molar-refractivity contribution in [3.63, 3.8) is 0 Å². The second-order valence-corrected chi connectivity index (χ2v) is 4.19. The van der Waals surface area contributed by atoms with Crippen LogP contribution >= 0.6 is 0 Å². The van der Waals surface area contributed by atoms with Crippen molar-refractivity contribution in [2.75, 3.05) is 0 Å². The van der Waals surface area contributed by atoms with Crippen molar-refractivity contribution >= 4 is 0 Å². The summed E-state index contributed by atoms with van der Waals surface area (Å²) in [6, 6.07) is 6.52. The molecule has 2 rings (SSSR count). The Kier molecular flexibility index (Phi) is 2.45. The van der Waals surface area contributed by atoms with Crippen molar-refractivity contribution < 1.29 is 0 Å². The van der Waals surface area contributed by atoms with Crippen LogP contribution in [0.15, 0.2) is 30.9 Å². The van der Waals surface area contributed by atoms with Gasteiger partial charge in [-0.2, -0.15) is 0 Å². The van der Waals surface area contributed by atoms with Crippen LogP contribution in [0.3, 0.4) is 0 Å². The quantitative estimate of drug-likeness (QED) is 0.625. The molecule has 0 saturated heterocycles. The molecule has 1 aromatic rings. The zero-order chi connectivity index (χ0) is 10.1. The van der Waals surface area contributed by atoms with Gasteiger partial charge in [-0.05, 0) is 49.3 Å². The minimum absolute atomic E-state index is 0.241. The number of hydrogen-bond acceptors (Lipinski definition) is 0. The van der Waals surface area contributed by atoms with E-state index in [1.54, 1.807) is 0 Å². The molecule has 0 amide bonds. The van der Waals surface area contributed by atoms with Crippen molar-refractivity contribution in [1.82, 2.24) is 0 Å². The SMILES string of the molecule is [CH2]C(C=C)c1cccc(C)c1C1CC1. The van der Waals surface area contributed by atoms with E-state index in [9.17, 15) is 0 Å². The highest BCUT2D eigenvalue weighted by Gasteiger charge is 2.28. The Morgan fingerprint density at radius 2 is 2.14 bits per heavy atom. The van der Waals surface area contributed by atoms with Crippen LogP contribution in [0.1, 0.15) is 41.4 Å². The van der Waals surface area contributed by atoms with E-state index in [1.165, 1.54) is 29.5 Å². The first-order chi connectivity index (χ1) is 6.74. The molecule has 0 spiro atoms. The minimum atomic E-state index is 0.241. The topological polar surface area (TPSA) is 0 Å². The number of aryl methyl sites for hydroxylation is 1. The largest absolute Gasteiger partial charge is 0.102 e. The third kappa shape index (κ3) is 1.61. The van der Waals surface area contributed by atoms with Gasteiger partial charge in [0.05, 0.1) is 0 Å². The Bertz CT molecular complexity index is 345. The highest BCUT2D eigenvalue weighted by molar-refractivity contribution is 5.43. The molecule has 1 aliphatic carbocycles. The van der Waals surface area contributed by atoms with E-state index in [2.05, 4.69) is 38.6 Å². The lowest BCUT2D eigenvalue weighted by atomic mass is 9.90. The Labute approximate surface area is 86.7 Å². The fourth-order valence-electron chi connectivity index (χ4n) is 2.08. The van der Waals surface area contributed by atoms with Gasteiger partial charge in [0.15, 0.2) is 0 Å². The maximum atomic E-state index is 4.12. The van der Waals surface area contributed by atoms with Crippen LogP contribution in [-0.2, 0) is 0 Å². The summed E-state index contributed by atoms with van der Waals surface area (Å²) in [5, 5.41) is 0. The summed E-state index contributed by atoms with van der Waals surface area (Å²) in [5.74, 6) is 1.04. The van der Waals surface area contributed by atoms with Gasteiger partial charge in [0.1, 0.15) is 0 Å². The first-order valence-corrected chi connectivity index (χ1v) is 5.29. The van der Waals surface area contributed by atoms with Gasteiger partial charge in [-0.25, -0.2) is 0 Å². The lowest BCUT2D eigenvalue weighted by molar-refractivity contribution is 0.983. The van der Waals surface area contributed by atoms with E-state index in [4.69, 9.17) is 0 Å². The summed E-state index contributed by atoms with van der Waals surface area (Å²) in [5.41, 5.74) is 4.33. The molecule has 0 nitrogen and oxygen atoms in total. The van der Waals surface area contributed by atoms with Crippen LogP contribution < -0.4 is 0 Å². The fraction of sp³-hybridized carbons (Fsp3) is 0.357. The molecule has 1 fully saturated rings. The molecular weight excluding hydrogens is 168 g/mol. The van der Waals surface area contributed by atoms with E-state index in [1.807, 2.05) is 6.08 Å². The van der Waals surface area contributed by atoms with Gasteiger partial charge >= 0.3 is 0 Å². The molecule has 1 aliphatic rings. The molecule has 1 unspecified atom stereocenters. The maximum absolute atomic E-state index is 4.12. The molecule has 0 heterocycles. The molecule has 0 aliphatic heterocycles. The lowest BCUT2D eigenvalue weighted by Gasteiger charge is -2.15. The molecule has 1 aromatic carbocycles. The van der Waals surface area contributed by atoms with Crippen molar-refractivity contribution in [3.05, 3.63) is 54.5 Å². The van der Waals surface area contributed by atoms with Crippen molar-refractivity contribution in [1.29, 1.82) is 0 Å². The van der Waals surface area contributed by atoms with Crippen LogP contribution in [0, 0.1) is 13.8 Å². The first kappa shape index (κ1) is 9.51. The smallest absolute Gasteiger partial charge is 0.00185 e. The van der Waals surface area contributed by atoms with Gasteiger partial charge in [-0.15, -0.1) is 6.58 Å². The second kappa shape index (κ2) is 3.61. The Hall–Kier alpha value is -1.04. The molecule has 0 bridgehead atoms. The number of allylic oxidation sites excluding steroid dienone is 1. The van der Waals surface area contributed by atoms with Gasteiger partial charge in [-0.3, -0.25) is 0 Å². The van der Waals surface area contributed by atoms with Gasteiger partial charge < -0.3 is 0 Å². The summed E-state index contributed by atoms with van der Waals surface area (Å²) >= 11 is 0. The van der Waals surface area contributed by atoms with Crippen LogP contribution in [0.25, 0.3) is 0 Å². The summed E-state index contributed by atoms with van der Waals surface area (Å²) in [6.45, 7) is 10.1. The molecule has 1 saturated carbocycles. The van der Waals surface area contributed by atoms with Gasteiger partial charge in [0.25, 0.3) is 0 Å². The standard InChI is InChI=1S/C14H17/c1-4-10(2)13-7-5-6-11(3)14(13)12-8-9-12/h4-7,10,12H,1-2,8-9H2,3H3. The molecule has 14 heavy (non-hydrogen) atoms. The normalized spacial score (nSPS) is 17.9. The number of benzene rings is 1. The van der Waals surface area contributed by atoms with Crippen LogP contribution in [0.4, 0.5) is 0 Å². The Balaban J connectivity index is 2.46. The monoisotopic (exact) mass is 185 g/mol. The van der Waals surface area contributed by atoms with Gasteiger partial charge in [0, 0.05) is 5.92 Å². The molecule has 1 atom stereocenters. The summed E-state index contributed by atoms with van der Waals surface area (Å²) in [6.07, 6.45) is 4.63. The van der Waals surface area contributed by atoms with E-state index < -0.39 is 0 Å². The van der Waals surface area contributed by atoms with Gasteiger partial charge in [-0.1, -0.05) is 24.3 Å². The average Bonchev–Trinajstić information content (AvgIpc) is 3.00. The van der Waals surface area contributed by atoms with E-state index in [0.29, 0.717) is 0 Å². The minimum Gasteiger partial charge on any atom is -0.102 e. The predicted molar refractivity (Wildman–Crippen MR) is 61.4 cm³/mol. The number of rotatable bonds is 3. The highest BCUT2D eigenvalue weighted by Crippen LogP contribution is 2.44. The zero-order valence-corrected chi connectivity index (χ0v) is 8.79. The second-order valence-electron chi connectivity index (χ2n) is 4.19. The molecular formula is C14H17. The van der Waals surface area contributed by atoms with Crippen molar-refractivity contribution in [3.8, 4) is 0 Å². The molecule has 0 aromatic heterocycles. The van der Waals surface area contributed by atoms with E-state index in [0.717, 1.165) is 5.92 Å². The summed E-state index contributed by atoms with van der Waals surface area (Å²) in [7, 11) is 0. The fourth-order valence-corrected chi connectivity index (χ4v) is 2.08. The van der Waals surface area contributed by atoms with Crippen LogP contribution in [0.2, 0.25) is 0 Å². The van der Waals surface area contributed by atoms with Crippen LogP contribution in [0.5, 0.6) is 0 Å². The van der Waals surface area contributed by atoms with E-state index >= 15 is 0 Å². The van der Waals surface area contributed by atoms with Crippen LogP contribution in [-0.4, -0.2) is 0 Å². The molecule has 0 N–H and O–H groups in total. The molecule has 0 heteroatoms. The highest BCUT2D eigenvalue weighted by atomic mass is 14.3. The third-order valence-electron chi connectivity index (χ3n) is 3.03. The summed E-state index contributed by atoms with van der Waals surface area (Å²) < 4.78 is 0. The predicted octanol–water partition coefficient (Wildman–Crippen LogP) is 3.98. The van der Waals surface area contributed by atoms with E-state index in [-0.39, 0.29) is 5.92 Å². The van der Waals surface area contributed by atoms with Crippen molar-refractivity contribution in [2.24, 2.45) is 0 Å². The average molecular weight is 185 g/mol. The summed E-state index contributed by atoms with van der Waals surface area (Å²) in [4.78, 5) is 0. The lowest BCUT2D eigenvalue weighted by Crippen LogP contribution is -1.98.